The number of hydrogen-bond donors (Lipinski definition) is 0. The van der Waals surface area contributed by atoms with E-state index in [1.54, 1.807) is 0 Å². The van der Waals surface area contributed by atoms with E-state index in [1.807, 2.05) is 24.3 Å². The van der Waals surface area contributed by atoms with Crippen molar-refractivity contribution in [3.63, 3.8) is 0 Å². The molecule has 0 atom stereocenters. The Hall–Kier alpha value is -3.13. The molecule has 1 aromatic heterocycles. The van der Waals surface area contributed by atoms with Gasteiger partial charge in [0.1, 0.15) is 18.1 Å². The topological polar surface area (TPSA) is 22.1 Å². The Morgan fingerprint density at radius 1 is 0.750 bits per heavy atom. The van der Waals surface area contributed by atoms with Gasteiger partial charge in [-0.05, 0) is 34.9 Å². The van der Waals surface area contributed by atoms with E-state index >= 15 is 0 Å². The first kappa shape index (κ1) is 13.3. The van der Waals surface area contributed by atoms with Crippen LogP contribution in [0.4, 0.5) is 0 Å². The second-order valence-corrected chi connectivity index (χ2v) is 6.05. The zero-order valence-corrected chi connectivity index (χ0v) is 13.1. The summed E-state index contributed by atoms with van der Waals surface area (Å²) < 4.78 is 5.99. The third-order valence-electron chi connectivity index (χ3n) is 4.54. The van der Waals surface area contributed by atoms with Gasteiger partial charge in [-0.15, -0.1) is 0 Å². The molecule has 1 aliphatic heterocycles. The van der Waals surface area contributed by atoms with Crippen molar-refractivity contribution in [2.75, 3.05) is 0 Å². The SMILES string of the molecule is c1ccc(-c2ccc3c(c2)COc2cc4ccccc4nc2-3)cc1. The van der Waals surface area contributed by atoms with Crippen molar-refractivity contribution in [2.24, 2.45) is 0 Å². The molecule has 5 rings (SSSR count). The van der Waals surface area contributed by atoms with Gasteiger partial charge in [0, 0.05) is 10.9 Å². The fraction of sp³-hybridized carbons (Fsp3) is 0.0455. The molecular weight excluding hydrogens is 294 g/mol. The summed E-state index contributed by atoms with van der Waals surface area (Å²) >= 11 is 0. The highest BCUT2D eigenvalue weighted by molar-refractivity contribution is 5.86. The van der Waals surface area contributed by atoms with Crippen LogP contribution in [0.2, 0.25) is 0 Å². The second kappa shape index (κ2) is 5.20. The molecule has 0 spiro atoms. The Labute approximate surface area is 140 Å². The highest BCUT2D eigenvalue weighted by Crippen LogP contribution is 2.39. The molecule has 3 aromatic carbocycles. The molecule has 4 aromatic rings. The molecule has 24 heavy (non-hydrogen) atoms. The van der Waals surface area contributed by atoms with Crippen LogP contribution in [0.25, 0.3) is 33.3 Å². The van der Waals surface area contributed by atoms with Crippen LogP contribution in [0.3, 0.4) is 0 Å². The first-order chi connectivity index (χ1) is 11.9. The maximum atomic E-state index is 5.99. The predicted octanol–water partition coefficient (Wildman–Crippen LogP) is 5.46. The van der Waals surface area contributed by atoms with Crippen LogP contribution >= 0.6 is 0 Å². The summed E-state index contributed by atoms with van der Waals surface area (Å²) in [5.41, 5.74) is 6.72. The van der Waals surface area contributed by atoms with Gasteiger partial charge < -0.3 is 4.74 Å². The Morgan fingerprint density at radius 2 is 1.58 bits per heavy atom. The van der Waals surface area contributed by atoms with E-state index in [2.05, 4.69) is 54.6 Å². The predicted molar refractivity (Wildman–Crippen MR) is 96.9 cm³/mol. The van der Waals surface area contributed by atoms with Gasteiger partial charge >= 0.3 is 0 Å². The summed E-state index contributed by atoms with van der Waals surface area (Å²) in [5, 5.41) is 1.11. The van der Waals surface area contributed by atoms with Gasteiger partial charge in [-0.25, -0.2) is 4.98 Å². The molecule has 0 unspecified atom stereocenters. The van der Waals surface area contributed by atoms with Gasteiger partial charge in [0.25, 0.3) is 0 Å². The van der Waals surface area contributed by atoms with Crippen LogP contribution in [0.15, 0.2) is 78.9 Å². The molecule has 0 aliphatic carbocycles. The summed E-state index contributed by atoms with van der Waals surface area (Å²) in [6.07, 6.45) is 0. The normalized spacial score (nSPS) is 12.3. The van der Waals surface area contributed by atoms with E-state index in [4.69, 9.17) is 9.72 Å². The highest BCUT2D eigenvalue weighted by atomic mass is 16.5. The summed E-state index contributed by atoms with van der Waals surface area (Å²) in [4.78, 5) is 4.83. The summed E-state index contributed by atoms with van der Waals surface area (Å²) in [6, 6.07) is 27.2. The van der Waals surface area contributed by atoms with E-state index in [1.165, 1.54) is 22.3 Å². The summed E-state index contributed by atoms with van der Waals surface area (Å²) in [7, 11) is 0. The number of para-hydroxylation sites is 1. The minimum absolute atomic E-state index is 0.586. The lowest BCUT2D eigenvalue weighted by Crippen LogP contribution is -2.07. The number of rotatable bonds is 1. The van der Waals surface area contributed by atoms with Crippen LogP contribution in [-0.4, -0.2) is 4.98 Å². The zero-order valence-electron chi connectivity index (χ0n) is 13.1. The van der Waals surface area contributed by atoms with Crippen molar-refractivity contribution < 1.29 is 4.74 Å². The number of fused-ring (bicyclic) bond motifs is 4. The maximum Gasteiger partial charge on any atom is 0.146 e. The van der Waals surface area contributed by atoms with Crippen molar-refractivity contribution in [3.05, 3.63) is 84.4 Å². The van der Waals surface area contributed by atoms with E-state index in [9.17, 15) is 0 Å². The molecule has 2 heterocycles. The Balaban J connectivity index is 1.67. The number of nitrogens with zero attached hydrogens (tertiary/aromatic N) is 1. The average molecular weight is 309 g/mol. The Kier molecular flexibility index (Phi) is 2.89. The van der Waals surface area contributed by atoms with E-state index in [-0.39, 0.29) is 0 Å². The second-order valence-electron chi connectivity index (χ2n) is 6.05. The third kappa shape index (κ3) is 2.08. The fourth-order valence-corrected chi connectivity index (χ4v) is 3.31. The third-order valence-corrected chi connectivity index (χ3v) is 4.54. The van der Waals surface area contributed by atoms with Gasteiger partial charge in [-0.2, -0.15) is 0 Å². The molecule has 1 aliphatic rings. The van der Waals surface area contributed by atoms with Crippen LogP contribution in [0.1, 0.15) is 5.56 Å². The minimum atomic E-state index is 0.586. The number of aromatic nitrogens is 1. The van der Waals surface area contributed by atoms with Gasteiger partial charge in [0.15, 0.2) is 0 Å². The summed E-state index contributed by atoms with van der Waals surface area (Å²) in [5.74, 6) is 0.869. The molecule has 0 bridgehead atoms. The van der Waals surface area contributed by atoms with Crippen molar-refractivity contribution in [3.8, 4) is 28.1 Å². The van der Waals surface area contributed by atoms with Crippen molar-refractivity contribution >= 4 is 10.9 Å². The van der Waals surface area contributed by atoms with Crippen molar-refractivity contribution in [1.82, 2.24) is 4.98 Å². The smallest absolute Gasteiger partial charge is 0.146 e. The Bertz CT molecular complexity index is 1050. The van der Waals surface area contributed by atoms with Crippen molar-refractivity contribution in [2.45, 2.75) is 6.61 Å². The molecular formula is C22H15NO. The molecule has 0 radical (unpaired) electrons. The monoisotopic (exact) mass is 309 g/mol. The number of pyridine rings is 1. The van der Waals surface area contributed by atoms with E-state index in [0.717, 1.165) is 22.3 Å². The average Bonchev–Trinajstić information content (AvgIpc) is 2.66. The molecule has 0 amide bonds. The molecule has 0 saturated heterocycles. The molecule has 0 fully saturated rings. The zero-order chi connectivity index (χ0) is 15.9. The lowest BCUT2D eigenvalue weighted by atomic mass is 9.95. The standard InChI is InChI=1S/C22H15NO/c1-2-6-15(7-3-1)16-10-11-19-18(12-16)14-24-21-13-17-8-4-5-9-20(17)23-22(19)21/h1-13H,14H2. The maximum absolute atomic E-state index is 5.99. The van der Waals surface area contributed by atoms with Crippen LogP contribution in [0.5, 0.6) is 5.75 Å². The van der Waals surface area contributed by atoms with Gasteiger partial charge in [0.05, 0.1) is 5.52 Å². The van der Waals surface area contributed by atoms with Gasteiger partial charge in [-0.1, -0.05) is 60.7 Å². The molecule has 2 heteroatoms. The van der Waals surface area contributed by atoms with Gasteiger partial charge in [-0.3, -0.25) is 0 Å². The van der Waals surface area contributed by atoms with Crippen LogP contribution in [0, 0.1) is 0 Å². The lowest BCUT2D eigenvalue weighted by molar-refractivity contribution is 0.301. The summed E-state index contributed by atoms with van der Waals surface area (Å²) in [6.45, 7) is 0.586. The minimum Gasteiger partial charge on any atom is -0.487 e. The molecule has 2 nitrogen and oxygen atoms in total. The number of benzene rings is 3. The quantitative estimate of drug-likeness (QED) is 0.465. The number of hydrogen-bond acceptors (Lipinski definition) is 2. The lowest BCUT2D eigenvalue weighted by Gasteiger charge is -2.21. The molecule has 0 saturated carbocycles. The molecule has 114 valence electrons. The van der Waals surface area contributed by atoms with E-state index in [0.29, 0.717) is 6.61 Å². The fourth-order valence-electron chi connectivity index (χ4n) is 3.31. The highest BCUT2D eigenvalue weighted by Gasteiger charge is 2.20. The van der Waals surface area contributed by atoms with E-state index < -0.39 is 0 Å². The Morgan fingerprint density at radius 3 is 2.50 bits per heavy atom. The van der Waals surface area contributed by atoms with Crippen LogP contribution in [-0.2, 0) is 6.61 Å². The van der Waals surface area contributed by atoms with Crippen molar-refractivity contribution in [1.29, 1.82) is 0 Å². The first-order valence-electron chi connectivity index (χ1n) is 8.10. The first-order valence-corrected chi connectivity index (χ1v) is 8.10. The number of ether oxygens (including phenoxy) is 1. The molecule has 0 N–H and O–H groups in total. The largest absolute Gasteiger partial charge is 0.487 e. The van der Waals surface area contributed by atoms with Gasteiger partial charge in [0.2, 0.25) is 0 Å². The van der Waals surface area contributed by atoms with Crippen LogP contribution < -0.4 is 4.74 Å².